The van der Waals surface area contributed by atoms with Crippen LogP contribution in [0.15, 0.2) is 57.3 Å². The fourth-order valence-electron chi connectivity index (χ4n) is 2.90. The van der Waals surface area contributed by atoms with Gasteiger partial charge in [0.2, 0.25) is 0 Å². The molecule has 0 amide bonds. The lowest BCUT2D eigenvalue weighted by Gasteiger charge is -2.29. The summed E-state index contributed by atoms with van der Waals surface area (Å²) in [5.74, 6) is 0.263. The normalized spacial score (nSPS) is 26.7. The lowest BCUT2D eigenvalue weighted by atomic mass is 9.97. The summed E-state index contributed by atoms with van der Waals surface area (Å²) in [5.41, 5.74) is 5.01. The number of para-hydroxylation sites is 1. The number of aliphatic hydroxyl groups excluding tert-OH is 1. The molecule has 0 bridgehead atoms. The molecule has 30 heavy (non-hydrogen) atoms. The Kier molecular flexibility index (Phi) is 6.70. The van der Waals surface area contributed by atoms with Crippen LogP contribution in [0.4, 0.5) is 4.39 Å². The van der Waals surface area contributed by atoms with Gasteiger partial charge in [-0.15, -0.1) is 0 Å². The van der Waals surface area contributed by atoms with Crippen molar-refractivity contribution < 1.29 is 27.8 Å². The number of aromatic amines is 1. The van der Waals surface area contributed by atoms with Crippen LogP contribution in [0.1, 0.15) is 6.23 Å². The van der Waals surface area contributed by atoms with Crippen LogP contribution in [0.5, 0.6) is 5.75 Å². The van der Waals surface area contributed by atoms with Crippen molar-refractivity contribution in [1.82, 2.24) is 9.55 Å². The Labute approximate surface area is 168 Å². The van der Waals surface area contributed by atoms with Gasteiger partial charge in [-0.3, -0.25) is 18.9 Å². The predicted octanol–water partition coefficient (Wildman–Crippen LogP) is 1.30. The van der Waals surface area contributed by atoms with E-state index in [1.54, 1.807) is 30.3 Å². The number of ether oxygens (including phenoxy) is 1. The lowest BCUT2D eigenvalue weighted by Crippen LogP contribution is -2.48. The van der Waals surface area contributed by atoms with Crippen molar-refractivity contribution in [1.29, 1.82) is 0 Å². The van der Waals surface area contributed by atoms with Gasteiger partial charge in [-0.1, -0.05) is 23.3 Å². The number of aliphatic hydroxyl groups is 1. The van der Waals surface area contributed by atoms with Crippen molar-refractivity contribution in [2.45, 2.75) is 24.1 Å². The number of hydrogen-bond donors (Lipinski definition) is 2. The molecule has 1 aliphatic rings. The minimum Gasteiger partial charge on any atom is -0.426 e. The second kappa shape index (κ2) is 9.24. The summed E-state index contributed by atoms with van der Waals surface area (Å²) < 4.78 is 43.5. The lowest BCUT2D eigenvalue weighted by molar-refractivity contribution is -0.117. The molecule has 3 rings (SSSR count). The molecule has 5 atom stereocenters. The summed E-state index contributed by atoms with van der Waals surface area (Å²) in [4.78, 5) is 27.7. The zero-order chi connectivity index (χ0) is 21.7. The summed E-state index contributed by atoms with van der Waals surface area (Å²) in [6, 6.07) is 9.08. The van der Waals surface area contributed by atoms with E-state index in [2.05, 4.69) is 10.0 Å². The molecule has 1 fully saturated rings. The summed E-state index contributed by atoms with van der Waals surface area (Å²) in [6.07, 6.45) is -4.71. The topological polar surface area (TPSA) is 169 Å². The highest BCUT2D eigenvalue weighted by Crippen LogP contribution is 2.41. The van der Waals surface area contributed by atoms with Crippen molar-refractivity contribution in [3.05, 3.63) is 73.9 Å². The Morgan fingerprint density at radius 3 is 2.77 bits per heavy atom. The molecule has 2 aromatic rings. The first kappa shape index (κ1) is 21.8. The molecular formula is C16H17FN5O7P. The molecule has 160 valence electrons. The van der Waals surface area contributed by atoms with Gasteiger partial charge in [0, 0.05) is 17.2 Å². The van der Waals surface area contributed by atoms with Crippen molar-refractivity contribution >= 4 is 8.25 Å². The van der Waals surface area contributed by atoms with Gasteiger partial charge >= 0.3 is 13.9 Å². The zero-order valence-corrected chi connectivity index (χ0v) is 16.3. The Morgan fingerprint density at radius 2 is 2.10 bits per heavy atom. The van der Waals surface area contributed by atoms with E-state index in [-0.39, 0.29) is 5.75 Å². The molecule has 0 radical (unpaired) electrons. The molecule has 1 aromatic heterocycles. The molecule has 1 unspecified atom stereocenters. The van der Waals surface area contributed by atoms with Crippen LogP contribution in [0.2, 0.25) is 0 Å². The molecule has 1 saturated heterocycles. The van der Waals surface area contributed by atoms with Crippen LogP contribution in [0, 0.1) is 0 Å². The molecule has 14 heteroatoms. The number of rotatable bonds is 8. The Balaban J connectivity index is 1.81. The van der Waals surface area contributed by atoms with E-state index in [0.717, 1.165) is 16.8 Å². The van der Waals surface area contributed by atoms with Gasteiger partial charge in [0.25, 0.3) is 5.56 Å². The van der Waals surface area contributed by atoms with E-state index in [1.807, 2.05) is 4.98 Å². The molecular weight excluding hydrogens is 424 g/mol. The molecule has 2 heterocycles. The van der Waals surface area contributed by atoms with Crippen molar-refractivity contribution in [2.75, 3.05) is 13.2 Å². The van der Waals surface area contributed by atoms with E-state index in [0.29, 0.717) is 0 Å². The average molecular weight is 441 g/mol. The third-order valence-corrected chi connectivity index (χ3v) is 5.16. The number of nitrogens with one attached hydrogen (secondary N) is 1. The van der Waals surface area contributed by atoms with E-state index >= 15 is 0 Å². The molecule has 1 aromatic carbocycles. The number of nitrogens with zero attached hydrogens (tertiary/aromatic N) is 4. The monoisotopic (exact) mass is 441 g/mol. The quantitative estimate of drug-likeness (QED) is 0.269. The van der Waals surface area contributed by atoms with Crippen molar-refractivity contribution in [2.24, 2.45) is 5.11 Å². The van der Waals surface area contributed by atoms with Crippen LogP contribution in [-0.4, -0.2) is 45.7 Å². The number of alkyl halides is 1. The number of aromatic nitrogens is 2. The number of halogens is 1. The van der Waals surface area contributed by atoms with E-state index in [4.69, 9.17) is 19.3 Å². The Hall–Kier alpha value is -2.95. The van der Waals surface area contributed by atoms with Gasteiger partial charge in [-0.05, 0) is 17.7 Å². The summed E-state index contributed by atoms with van der Waals surface area (Å²) in [7, 11) is -3.14. The first-order valence-corrected chi connectivity index (χ1v) is 9.81. The van der Waals surface area contributed by atoms with Crippen LogP contribution in [0.3, 0.4) is 0 Å². The second-order valence-corrected chi connectivity index (χ2v) is 7.32. The molecule has 0 aliphatic carbocycles. The van der Waals surface area contributed by atoms with Crippen molar-refractivity contribution in [3.63, 3.8) is 0 Å². The fourth-order valence-corrected chi connectivity index (χ4v) is 3.65. The zero-order valence-electron chi connectivity index (χ0n) is 15.3. The van der Waals surface area contributed by atoms with Gasteiger partial charge in [0.1, 0.15) is 17.5 Å². The molecule has 0 saturated carbocycles. The van der Waals surface area contributed by atoms with Gasteiger partial charge in [0.05, 0.1) is 13.2 Å². The van der Waals surface area contributed by atoms with Gasteiger partial charge in [-0.25, -0.2) is 13.8 Å². The maximum Gasteiger partial charge on any atom is 0.367 e. The van der Waals surface area contributed by atoms with Crippen LogP contribution in [0.25, 0.3) is 10.4 Å². The standard InChI is InChI=1S/C16H17FN5O7P/c17-12-13(24)16(8-19-21-18,9-27-30(26)29-10-4-2-1-3-5-10)28-14(12)22-7-6-11(23)20-15(22)25/h1-7,12-14,24,30H,8-9H2,(H,20,23,25)/t12-,13+,14-,16-/m1/s1. The third-order valence-electron chi connectivity index (χ3n) is 4.37. The number of H-pyrrole nitrogens is 1. The van der Waals surface area contributed by atoms with Crippen LogP contribution < -0.4 is 15.8 Å². The second-order valence-electron chi connectivity index (χ2n) is 6.32. The first-order valence-electron chi connectivity index (χ1n) is 8.58. The number of hydrogen-bond acceptors (Lipinski definition) is 8. The third kappa shape index (κ3) is 4.61. The van der Waals surface area contributed by atoms with Crippen LogP contribution >= 0.6 is 8.25 Å². The number of benzene rings is 1. The first-order chi connectivity index (χ1) is 14.4. The SMILES string of the molecule is [N-]=[N+]=NC[C@]1(CO[PH](=O)Oc2ccccc2)O[C@@H](n2ccc(=O)[nH]c2=O)[C@H](F)[C@@H]1O. The highest BCUT2D eigenvalue weighted by molar-refractivity contribution is 7.33. The smallest absolute Gasteiger partial charge is 0.367 e. The average Bonchev–Trinajstić information content (AvgIpc) is 2.97. The van der Waals surface area contributed by atoms with E-state index < -0.39 is 56.8 Å². The van der Waals surface area contributed by atoms with Gasteiger partial charge < -0.3 is 14.4 Å². The predicted molar refractivity (Wildman–Crippen MR) is 101 cm³/mol. The number of azide groups is 1. The van der Waals surface area contributed by atoms with Crippen LogP contribution in [-0.2, 0) is 13.8 Å². The van der Waals surface area contributed by atoms with E-state index in [9.17, 15) is 23.7 Å². The van der Waals surface area contributed by atoms with Gasteiger partial charge in [-0.2, -0.15) is 0 Å². The maximum atomic E-state index is 14.8. The largest absolute Gasteiger partial charge is 0.426 e. The Bertz CT molecular complexity index is 1070. The fraction of sp³-hybridized carbons (Fsp3) is 0.375. The summed E-state index contributed by atoms with van der Waals surface area (Å²) in [6.45, 7) is -1.24. The molecule has 0 spiro atoms. The van der Waals surface area contributed by atoms with Gasteiger partial charge in [0.15, 0.2) is 12.4 Å². The summed E-state index contributed by atoms with van der Waals surface area (Å²) >= 11 is 0. The highest BCUT2D eigenvalue weighted by Gasteiger charge is 2.56. The molecule has 12 nitrogen and oxygen atoms in total. The Morgan fingerprint density at radius 1 is 1.37 bits per heavy atom. The molecule has 2 N–H and O–H groups in total. The minimum absolute atomic E-state index is 0.263. The van der Waals surface area contributed by atoms with Crippen molar-refractivity contribution in [3.8, 4) is 5.75 Å². The highest BCUT2D eigenvalue weighted by atomic mass is 31.1. The molecule has 1 aliphatic heterocycles. The van der Waals surface area contributed by atoms with E-state index in [1.165, 1.54) is 0 Å². The summed E-state index contributed by atoms with van der Waals surface area (Å²) in [5, 5.41) is 13.7. The minimum atomic E-state index is -3.14. The maximum absolute atomic E-state index is 14.8.